The first kappa shape index (κ1) is 33.3. The van der Waals surface area contributed by atoms with E-state index >= 15 is 4.39 Å². The number of hydrogen-bond donors (Lipinski definition) is 1. The number of fused-ring (bicyclic) bond motifs is 4. The fourth-order valence-corrected chi connectivity index (χ4v) is 9.63. The molecule has 4 fully saturated rings. The normalized spacial score (nSPS) is 23.4. The van der Waals surface area contributed by atoms with Crippen molar-refractivity contribution < 1.29 is 18.3 Å². The predicted molar refractivity (Wildman–Crippen MR) is 188 cm³/mol. The number of nitriles is 1. The summed E-state index contributed by atoms with van der Waals surface area (Å²) in [6.07, 6.45) is 13.2. The van der Waals surface area contributed by atoms with Crippen molar-refractivity contribution in [2.45, 2.75) is 75.9 Å². The number of anilines is 1. The molecule has 0 radical (unpaired) electrons. The van der Waals surface area contributed by atoms with Gasteiger partial charge in [0.2, 0.25) is 0 Å². The molecular weight excluding hydrogens is 659 g/mol. The quantitative estimate of drug-likeness (QED) is 0.155. The van der Waals surface area contributed by atoms with Crippen LogP contribution in [-0.4, -0.2) is 72.4 Å². The van der Waals surface area contributed by atoms with Crippen molar-refractivity contribution in [1.29, 1.82) is 10.8 Å². The van der Waals surface area contributed by atoms with E-state index in [1.807, 2.05) is 13.1 Å². The third kappa shape index (κ3) is 5.79. The van der Waals surface area contributed by atoms with Crippen LogP contribution in [0.1, 0.15) is 69.8 Å². The van der Waals surface area contributed by atoms with Crippen molar-refractivity contribution in [3.8, 4) is 23.3 Å². The van der Waals surface area contributed by atoms with Gasteiger partial charge in [-0.15, -0.1) is 16.5 Å². The second-order valence-electron chi connectivity index (χ2n) is 15.4. The van der Waals surface area contributed by atoms with Crippen LogP contribution in [0, 0.1) is 45.7 Å². The van der Waals surface area contributed by atoms with E-state index in [0.29, 0.717) is 42.3 Å². The first-order valence-corrected chi connectivity index (χ1v) is 18.5. The number of likely N-dealkylation sites (N-methyl/N-ethyl adjacent to an activating group) is 2. The molecule has 13 heteroatoms. The molecule has 1 N–H and O–H groups in total. The summed E-state index contributed by atoms with van der Waals surface area (Å²) in [5, 5.41) is 14.0. The average molecular weight is 701 g/mol. The second kappa shape index (κ2) is 12.7. The van der Waals surface area contributed by atoms with Crippen molar-refractivity contribution in [3.05, 3.63) is 35.5 Å². The standard InChI is InChI=1S/C37H42F2N8O2S/c1-46(2)37(9-4-10-37)19-47(3)33-26-17-42-30(24-7-8-27(38)32-28(24)25(16-40)34(45-41)50-32)29(39)31(26)43-35(44-33)49-20-36(11-12-36)15-21-5-6-22-14-23(13-21)48-18-22/h7-8,17,21-23,41H,4-6,9-15,18-20H2,1-3H3. The lowest BCUT2D eigenvalue weighted by Crippen LogP contribution is -2.56. The highest BCUT2D eigenvalue weighted by Gasteiger charge is 2.47. The lowest BCUT2D eigenvalue weighted by molar-refractivity contribution is 0.0670. The van der Waals surface area contributed by atoms with Crippen molar-refractivity contribution in [1.82, 2.24) is 19.9 Å². The van der Waals surface area contributed by atoms with Gasteiger partial charge in [0.1, 0.15) is 28.9 Å². The molecule has 8 rings (SSSR count). The summed E-state index contributed by atoms with van der Waals surface area (Å²) in [6.45, 7) is 2.06. The molecule has 3 aliphatic carbocycles. The third-order valence-corrected chi connectivity index (χ3v) is 13.0. The van der Waals surface area contributed by atoms with Gasteiger partial charge in [0.25, 0.3) is 0 Å². The van der Waals surface area contributed by atoms with E-state index in [0.717, 1.165) is 62.9 Å². The highest BCUT2D eigenvalue weighted by molar-refractivity contribution is 7.23. The van der Waals surface area contributed by atoms with E-state index in [1.165, 1.54) is 31.4 Å². The molecule has 0 amide bonds. The summed E-state index contributed by atoms with van der Waals surface area (Å²) in [7, 11) is 6.15. The molecule has 3 saturated carbocycles. The summed E-state index contributed by atoms with van der Waals surface area (Å²) in [6, 6.07) is 4.79. The van der Waals surface area contributed by atoms with Gasteiger partial charge in [-0.25, -0.2) is 14.3 Å². The van der Waals surface area contributed by atoms with E-state index in [4.69, 9.17) is 20.0 Å². The monoisotopic (exact) mass is 700 g/mol. The second-order valence-corrected chi connectivity index (χ2v) is 16.4. The molecule has 3 unspecified atom stereocenters. The van der Waals surface area contributed by atoms with Crippen LogP contribution in [0.5, 0.6) is 6.01 Å². The number of thiophene rings is 1. The van der Waals surface area contributed by atoms with Crippen LogP contribution >= 0.6 is 11.3 Å². The zero-order chi connectivity index (χ0) is 34.8. The highest BCUT2D eigenvalue weighted by Crippen LogP contribution is 2.53. The Morgan fingerprint density at radius 2 is 1.96 bits per heavy atom. The van der Waals surface area contributed by atoms with Crippen LogP contribution in [-0.2, 0) is 4.74 Å². The first-order chi connectivity index (χ1) is 24.1. The summed E-state index contributed by atoms with van der Waals surface area (Å²) in [4.78, 5) is 18.4. The molecule has 10 nitrogen and oxygen atoms in total. The molecule has 1 saturated heterocycles. The molecular formula is C37H42F2N8O2S. The molecule has 1 aromatic carbocycles. The molecule has 2 bridgehead atoms. The minimum Gasteiger partial charge on any atom is -0.463 e. The first-order valence-electron chi connectivity index (χ1n) is 17.6. The number of rotatable bonds is 11. The largest absolute Gasteiger partial charge is 0.463 e. The van der Waals surface area contributed by atoms with Gasteiger partial charge in [0, 0.05) is 48.3 Å². The van der Waals surface area contributed by atoms with Gasteiger partial charge in [-0.1, -0.05) is 0 Å². The topological polar surface area (TPSA) is 124 Å². The maximum absolute atomic E-state index is 16.9. The lowest BCUT2D eigenvalue weighted by atomic mass is 9.75. The van der Waals surface area contributed by atoms with Gasteiger partial charge >= 0.3 is 6.01 Å². The number of hydrogen-bond acceptors (Lipinski definition) is 11. The van der Waals surface area contributed by atoms with Gasteiger partial charge in [0.15, 0.2) is 10.8 Å². The number of benzene rings is 1. The minimum atomic E-state index is -0.711. The number of nitrogens with one attached hydrogen (secondary N) is 1. The van der Waals surface area contributed by atoms with Crippen molar-refractivity contribution in [2.75, 3.05) is 45.8 Å². The minimum absolute atomic E-state index is 0.0141. The van der Waals surface area contributed by atoms with Crippen molar-refractivity contribution >= 4 is 43.1 Å². The molecule has 4 aliphatic rings. The zero-order valence-corrected chi connectivity index (χ0v) is 29.6. The van der Waals surface area contributed by atoms with Gasteiger partial charge in [-0.2, -0.15) is 15.2 Å². The number of aromatic nitrogens is 3. The highest BCUT2D eigenvalue weighted by atomic mass is 32.1. The fourth-order valence-electron chi connectivity index (χ4n) is 8.66. The Bertz CT molecular complexity index is 2020. The average Bonchev–Trinajstić information content (AvgIpc) is 3.59. The molecule has 0 spiro atoms. The van der Waals surface area contributed by atoms with Crippen LogP contribution < -0.4 is 9.64 Å². The molecule has 4 heterocycles. The number of halogens is 2. The fraction of sp³-hybridized carbons (Fsp3) is 0.568. The number of nitrogens with zero attached hydrogens (tertiary/aromatic N) is 7. The SMILES string of the molecule is CN(CC1(N(C)C)CCC1)c1nc(OCC2(CC3CCC4COC(C4)C3)CC2)nc2c(F)c(-c3ccc(F)c4sc(N=N)c(C#N)c34)ncc12. The Labute approximate surface area is 294 Å². The Kier molecular flexibility index (Phi) is 8.47. The lowest BCUT2D eigenvalue weighted by Gasteiger charge is -2.49. The van der Waals surface area contributed by atoms with Crippen LogP contribution in [0.25, 0.3) is 32.2 Å². The van der Waals surface area contributed by atoms with E-state index in [2.05, 4.69) is 39.0 Å². The molecule has 3 atom stereocenters. The number of pyridine rings is 1. The van der Waals surface area contributed by atoms with E-state index in [-0.39, 0.29) is 54.4 Å². The maximum Gasteiger partial charge on any atom is 0.319 e. The van der Waals surface area contributed by atoms with E-state index in [1.54, 1.807) is 6.20 Å². The smallest absolute Gasteiger partial charge is 0.319 e. The van der Waals surface area contributed by atoms with Crippen molar-refractivity contribution in [3.63, 3.8) is 0 Å². The zero-order valence-electron chi connectivity index (χ0n) is 28.8. The van der Waals surface area contributed by atoms with Crippen LogP contribution in [0.3, 0.4) is 0 Å². The Morgan fingerprint density at radius 1 is 1.14 bits per heavy atom. The maximum atomic E-state index is 16.9. The summed E-state index contributed by atoms with van der Waals surface area (Å²) in [5.74, 6) is 0.554. The van der Waals surface area contributed by atoms with Crippen LogP contribution in [0.2, 0.25) is 0 Å². The molecule has 50 heavy (non-hydrogen) atoms. The summed E-state index contributed by atoms with van der Waals surface area (Å²) < 4.78 is 44.4. The Hall–Kier alpha value is -3.86. The van der Waals surface area contributed by atoms with E-state index < -0.39 is 11.6 Å². The summed E-state index contributed by atoms with van der Waals surface area (Å²) in [5.41, 5.74) is 7.80. The Morgan fingerprint density at radius 3 is 2.66 bits per heavy atom. The van der Waals surface area contributed by atoms with E-state index in [9.17, 15) is 9.65 Å². The molecule has 1 aliphatic heterocycles. The molecule has 3 aromatic heterocycles. The molecule has 262 valence electrons. The van der Waals surface area contributed by atoms with Gasteiger partial charge in [-0.3, -0.25) is 4.98 Å². The van der Waals surface area contributed by atoms with Gasteiger partial charge in [0.05, 0.1) is 28.4 Å². The van der Waals surface area contributed by atoms with Gasteiger partial charge in [-0.05, 0) is 102 Å². The van der Waals surface area contributed by atoms with Crippen LogP contribution in [0.4, 0.5) is 19.6 Å². The van der Waals surface area contributed by atoms with Crippen molar-refractivity contribution in [2.24, 2.45) is 22.4 Å². The third-order valence-electron chi connectivity index (χ3n) is 11.9. The number of ether oxygens (including phenoxy) is 2. The van der Waals surface area contributed by atoms with Gasteiger partial charge < -0.3 is 19.3 Å². The molecule has 4 aromatic rings. The summed E-state index contributed by atoms with van der Waals surface area (Å²) >= 11 is 0.884. The van der Waals surface area contributed by atoms with Crippen LogP contribution in [0.15, 0.2) is 23.4 Å². The Balaban J connectivity index is 1.17. The predicted octanol–water partition coefficient (Wildman–Crippen LogP) is 8.39.